The van der Waals surface area contributed by atoms with E-state index in [9.17, 15) is 0 Å². The van der Waals surface area contributed by atoms with Crippen molar-refractivity contribution in [3.63, 3.8) is 0 Å². The number of fused-ring (bicyclic) bond motifs is 1. The monoisotopic (exact) mass is 314 g/mol. The molecule has 0 saturated heterocycles. The van der Waals surface area contributed by atoms with Crippen molar-refractivity contribution in [2.24, 2.45) is 0 Å². The first-order chi connectivity index (χ1) is 10.2. The topological polar surface area (TPSA) is 59.5 Å². The number of nitrogens with one attached hydrogen (secondary N) is 1. The van der Waals surface area contributed by atoms with E-state index in [4.69, 9.17) is 21.1 Å². The number of hydrogen-bond acceptors (Lipinski definition) is 6. The van der Waals surface area contributed by atoms with Crippen LogP contribution in [0.2, 0.25) is 5.28 Å². The highest BCUT2D eigenvalue weighted by Gasteiger charge is 2.17. The molecule has 0 amide bonds. The highest BCUT2D eigenvalue weighted by Crippen LogP contribution is 2.23. The smallest absolute Gasteiger partial charge is 0.224 e. The lowest BCUT2D eigenvalue weighted by molar-refractivity contribution is 0.109. The Kier molecular flexibility index (Phi) is 6.63. The van der Waals surface area contributed by atoms with Gasteiger partial charge in [-0.3, -0.25) is 0 Å². The number of ether oxygens (including phenoxy) is 2. The predicted molar refractivity (Wildman–Crippen MR) is 82.9 cm³/mol. The Hall–Kier alpha value is -0.950. The fourth-order valence-corrected chi connectivity index (χ4v) is 2.45. The highest BCUT2D eigenvalue weighted by molar-refractivity contribution is 6.28. The summed E-state index contributed by atoms with van der Waals surface area (Å²) in [5.41, 5.74) is 2.04. The van der Waals surface area contributed by atoms with Crippen LogP contribution in [-0.4, -0.2) is 61.9 Å². The predicted octanol–water partition coefficient (Wildman–Crippen LogP) is 1.58. The number of anilines is 1. The summed E-state index contributed by atoms with van der Waals surface area (Å²) in [6, 6.07) is 0. The Bertz CT molecular complexity index is 459. The molecule has 0 fully saturated rings. The molecule has 0 saturated carbocycles. The van der Waals surface area contributed by atoms with Gasteiger partial charge in [0, 0.05) is 32.2 Å². The summed E-state index contributed by atoms with van der Waals surface area (Å²) in [5.74, 6) is 0.809. The molecule has 6 nitrogen and oxygen atoms in total. The van der Waals surface area contributed by atoms with Crippen molar-refractivity contribution < 1.29 is 9.47 Å². The summed E-state index contributed by atoms with van der Waals surface area (Å²) >= 11 is 5.98. The van der Waals surface area contributed by atoms with Crippen LogP contribution in [0.15, 0.2) is 0 Å². The van der Waals surface area contributed by atoms with E-state index in [1.54, 1.807) is 7.11 Å². The Morgan fingerprint density at radius 1 is 1.38 bits per heavy atom. The molecule has 0 bridgehead atoms. The number of methoxy groups -OCH3 is 1. The van der Waals surface area contributed by atoms with Gasteiger partial charge in [-0.05, 0) is 31.6 Å². The van der Waals surface area contributed by atoms with Crippen LogP contribution < -0.4 is 5.32 Å². The summed E-state index contributed by atoms with van der Waals surface area (Å²) in [6.45, 7) is 4.81. The number of nitrogens with zero attached hydrogens (tertiary/aromatic N) is 3. The second-order valence-corrected chi connectivity index (χ2v) is 5.48. The maximum atomic E-state index is 5.98. The molecular weight excluding hydrogens is 292 g/mol. The standard InChI is InChI=1S/C14H23ClN4O2/c1-19(7-9-20-2)6-3-5-16-13-11-10-21-8-4-12(11)17-14(15)18-13/h3-10H2,1-2H3,(H,16,17,18). The Morgan fingerprint density at radius 3 is 3.05 bits per heavy atom. The molecule has 1 N–H and O–H groups in total. The van der Waals surface area contributed by atoms with Crippen LogP contribution in [0.4, 0.5) is 5.82 Å². The van der Waals surface area contributed by atoms with Gasteiger partial charge in [0.05, 0.1) is 25.5 Å². The van der Waals surface area contributed by atoms with Gasteiger partial charge in [0.2, 0.25) is 5.28 Å². The van der Waals surface area contributed by atoms with E-state index in [0.717, 1.165) is 56.2 Å². The second kappa shape index (κ2) is 8.48. The molecule has 0 radical (unpaired) electrons. The molecule has 1 aromatic rings. The average molecular weight is 315 g/mol. The van der Waals surface area contributed by atoms with Crippen molar-refractivity contribution in [3.05, 3.63) is 16.5 Å². The van der Waals surface area contributed by atoms with Crippen LogP contribution in [0.25, 0.3) is 0 Å². The zero-order valence-electron chi connectivity index (χ0n) is 12.7. The molecule has 0 aliphatic carbocycles. The van der Waals surface area contributed by atoms with Gasteiger partial charge in [-0.2, -0.15) is 0 Å². The molecule has 2 heterocycles. The Labute approximate surface area is 130 Å². The zero-order chi connectivity index (χ0) is 15.1. The van der Waals surface area contributed by atoms with Crippen LogP contribution in [0.1, 0.15) is 17.7 Å². The number of hydrogen-bond donors (Lipinski definition) is 1. The number of likely N-dealkylation sites (N-methyl/N-ethyl adjacent to an activating group) is 1. The van der Waals surface area contributed by atoms with Crippen molar-refractivity contribution in [2.75, 3.05) is 52.3 Å². The van der Waals surface area contributed by atoms with E-state index in [1.807, 2.05) is 0 Å². The van der Waals surface area contributed by atoms with Crippen molar-refractivity contribution in [1.82, 2.24) is 14.9 Å². The molecule has 1 aliphatic heterocycles. The summed E-state index contributed by atoms with van der Waals surface area (Å²) in [6.07, 6.45) is 1.82. The number of halogens is 1. The van der Waals surface area contributed by atoms with Gasteiger partial charge in [-0.1, -0.05) is 0 Å². The molecule has 2 rings (SSSR count). The van der Waals surface area contributed by atoms with Gasteiger partial charge in [-0.25, -0.2) is 9.97 Å². The molecule has 1 aromatic heterocycles. The van der Waals surface area contributed by atoms with Crippen molar-refractivity contribution >= 4 is 17.4 Å². The molecule has 7 heteroatoms. The maximum absolute atomic E-state index is 5.98. The molecule has 1 aliphatic rings. The van der Waals surface area contributed by atoms with Gasteiger partial charge < -0.3 is 19.7 Å². The second-order valence-electron chi connectivity index (χ2n) is 5.15. The molecule has 0 spiro atoms. The van der Waals surface area contributed by atoms with E-state index in [1.165, 1.54) is 0 Å². The summed E-state index contributed by atoms with van der Waals surface area (Å²) in [4.78, 5) is 10.8. The van der Waals surface area contributed by atoms with Crippen molar-refractivity contribution in [1.29, 1.82) is 0 Å². The Morgan fingerprint density at radius 2 is 2.24 bits per heavy atom. The van der Waals surface area contributed by atoms with Crippen LogP contribution in [-0.2, 0) is 22.5 Å². The number of aromatic nitrogens is 2. The molecule has 0 aromatic carbocycles. The van der Waals surface area contributed by atoms with E-state index in [0.29, 0.717) is 18.5 Å². The summed E-state index contributed by atoms with van der Waals surface area (Å²) in [7, 11) is 3.82. The SMILES string of the molecule is COCCN(C)CCCNc1nc(Cl)nc2c1COCC2. The molecule has 0 unspecified atom stereocenters. The first-order valence-corrected chi connectivity index (χ1v) is 7.63. The van der Waals surface area contributed by atoms with Crippen LogP contribution in [0.3, 0.4) is 0 Å². The van der Waals surface area contributed by atoms with Gasteiger partial charge in [-0.15, -0.1) is 0 Å². The van der Waals surface area contributed by atoms with Crippen LogP contribution >= 0.6 is 11.6 Å². The fraction of sp³-hybridized carbons (Fsp3) is 0.714. The first-order valence-electron chi connectivity index (χ1n) is 7.25. The van der Waals surface area contributed by atoms with E-state index in [-0.39, 0.29) is 0 Å². The maximum Gasteiger partial charge on any atom is 0.224 e. The Balaban J connectivity index is 1.82. The minimum atomic E-state index is 0.301. The van der Waals surface area contributed by atoms with Gasteiger partial charge in [0.15, 0.2) is 0 Å². The van der Waals surface area contributed by atoms with E-state index in [2.05, 4.69) is 27.2 Å². The van der Waals surface area contributed by atoms with E-state index < -0.39 is 0 Å². The molecule has 21 heavy (non-hydrogen) atoms. The van der Waals surface area contributed by atoms with Crippen molar-refractivity contribution in [2.45, 2.75) is 19.4 Å². The first kappa shape index (κ1) is 16.4. The van der Waals surface area contributed by atoms with Gasteiger partial charge in [0.1, 0.15) is 5.82 Å². The highest BCUT2D eigenvalue weighted by atomic mass is 35.5. The minimum Gasteiger partial charge on any atom is -0.383 e. The lowest BCUT2D eigenvalue weighted by Gasteiger charge is -2.20. The third-order valence-electron chi connectivity index (χ3n) is 3.48. The zero-order valence-corrected chi connectivity index (χ0v) is 13.4. The fourth-order valence-electron chi connectivity index (χ4n) is 2.26. The normalized spacial score (nSPS) is 14.3. The average Bonchev–Trinajstić information content (AvgIpc) is 2.49. The minimum absolute atomic E-state index is 0.301. The van der Waals surface area contributed by atoms with Crippen molar-refractivity contribution in [3.8, 4) is 0 Å². The van der Waals surface area contributed by atoms with E-state index >= 15 is 0 Å². The summed E-state index contributed by atoms with van der Waals surface area (Å²) < 4.78 is 10.5. The lowest BCUT2D eigenvalue weighted by Crippen LogP contribution is -2.25. The summed E-state index contributed by atoms with van der Waals surface area (Å²) in [5, 5.41) is 3.65. The molecule has 0 atom stereocenters. The van der Waals surface area contributed by atoms with Gasteiger partial charge in [0.25, 0.3) is 0 Å². The van der Waals surface area contributed by atoms with Gasteiger partial charge >= 0.3 is 0 Å². The van der Waals surface area contributed by atoms with Crippen LogP contribution in [0.5, 0.6) is 0 Å². The largest absolute Gasteiger partial charge is 0.383 e. The quantitative estimate of drug-likeness (QED) is 0.581. The molecule has 118 valence electrons. The third-order valence-corrected chi connectivity index (χ3v) is 3.65. The third kappa shape index (κ3) is 5.07. The molecular formula is C14H23ClN4O2. The lowest BCUT2D eigenvalue weighted by atomic mass is 10.1. The van der Waals surface area contributed by atoms with Crippen LogP contribution in [0, 0.1) is 0 Å². The number of rotatable bonds is 8.